The van der Waals surface area contributed by atoms with E-state index >= 15 is 0 Å². The molecule has 0 fully saturated rings. The van der Waals surface area contributed by atoms with Gasteiger partial charge in [-0.15, -0.1) is 0 Å². The van der Waals surface area contributed by atoms with Gasteiger partial charge in [-0.1, -0.05) is 12.1 Å². The highest BCUT2D eigenvalue weighted by Crippen LogP contribution is 2.17. The van der Waals surface area contributed by atoms with Crippen molar-refractivity contribution in [1.82, 2.24) is 5.43 Å². The van der Waals surface area contributed by atoms with Crippen LogP contribution in [0.4, 0.5) is 0 Å². The van der Waals surface area contributed by atoms with Crippen molar-refractivity contribution in [3.05, 3.63) is 59.7 Å². The van der Waals surface area contributed by atoms with Crippen molar-refractivity contribution in [1.29, 1.82) is 0 Å². The second kappa shape index (κ2) is 7.98. The number of ether oxygens (including phenoxy) is 2. The normalized spacial score (nSPS) is 11.0. The van der Waals surface area contributed by atoms with E-state index in [1.807, 2.05) is 44.2 Å². The molecule has 2 aromatic rings. The maximum absolute atomic E-state index is 12.2. The quantitative estimate of drug-likeness (QED) is 0.658. The van der Waals surface area contributed by atoms with Crippen molar-refractivity contribution in [3.8, 4) is 11.5 Å². The van der Waals surface area contributed by atoms with E-state index in [-0.39, 0.29) is 5.91 Å². The van der Waals surface area contributed by atoms with Crippen molar-refractivity contribution < 1.29 is 14.3 Å². The van der Waals surface area contributed by atoms with E-state index < -0.39 is 0 Å². The minimum atomic E-state index is -0.312. The molecule has 23 heavy (non-hydrogen) atoms. The van der Waals surface area contributed by atoms with E-state index in [4.69, 9.17) is 9.47 Å². The third-order valence-corrected chi connectivity index (χ3v) is 3.26. The standard InChI is InChI=1S/C18H20N2O3/c1-4-23-15-11-9-14(10-12-15)13(2)19-20-18(21)16-7-5-6-8-17(16)22-3/h5-12H,4H2,1-3H3,(H,20,21)/b19-13-. The van der Waals surface area contributed by atoms with Gasteiger partial charge in [0.05, 0.1) is 25.0 Å². The monoisotopic (exact) mass is 312 g/mol. The second-order valence-corrected chi connectivity index (χ2v) is 4.80. The van der Waals surface area contributed by atoms with Crippen LogP contribution in [0.15, 0.2) is 53.6 Å². The van der Waals surface area contributed by atoms with Gasteiger partial charge in [0.1, 0.15) is 11.5 Å². The zero-order valence-corrected chi connectivity index (χ0v) is 13.5. The molecule has 0 radical (unpaired) electrons. The zero-order valence-electron chi connectivity index (χ0n) is 13.5. The first-order valence-corrected chi connectivity index (χ1v) is 7.36. The lowest BCUT2D eigenvalue weighted by atomic mass is 10.1. The second-order valence-electron chi connectivity index (χ2n) is 4.80. The molecule has 0 spiro atoms. The Labute approximate surface area is 135 Å². The molecule has 1 N–H and O–H groups in total. The molecule has 5 nitrogen and oxygen atoms in total. The van der Waals surface area contributed by atoms with Crippen molar-refractivity contribution in [2.75, 3.05) is 13.7 Å². The topological polar surface area (TPSA) is 59.9 Å². The fourth-order valence-corrected chi connectivity index (χ4v) is 2.05. The number of nitrogens with one attached hydrogen (secondary N) is 1. The Balaban J connectivity index is 2.08. The van der Waals surface area contributed by atoms with Gasteiger partial charge in [-0.2, -0.15) is 5.10 Å². The molecular formula is C18H20N2O3. The fraction of sp³-hybridized carbons (Fsp3) is 0.222. The van der Waals surface area contributed by atoms with Gasteiger partial charge in [0.25, 0.3) is 5.91 Å². The molecule has 1 amide bonds. The van der Waals surface area contributed by atoms with Crippen LogP contribution in [-0.4, -0.2) is 25.3 Å². The molecule has 0 saturated heterocycles. The highest BCUT2D eigenvalue weighted by Gasteiger charge is 2.10. The molecule has 0 aliphatic carbocycles. The molecule has 0 atom stereocenters. The summed E-state index contributed by atoms with van der Waals surface area (Å²) in [4.78, 5) is 12.2. The minimum absolute atomic E-state index is 0.312. The molecule has 0 bridgehead atoms. The van der Waals surface area contributed by atoms with Crippen LogP contribution >= 0.6 is 0 Å². The molecule has 0 aromatic heterocycles. The van der Waals surface area contributed by atoms with Crippen LogP contribution in [0.5, 0.6) is 11.5 Å². The van der Waals surface area contributed by atoms with E-state index in [9.17, 15) is 4.79 Å². The third-order valence-electron chi connectivity index (χ3n) is 3.26. The summed E-state index contributed by atoms with van der Waals surface area (Å²) in [5.41, 5.74) is 4.61. The van der Waals surface area contributed by atoms with Gasteiger partial charge in [0.2, 0.25) is 0 Å². The van der Waals surface area contributed by atoms with Crippen LogP contribution in [0.25, 0.3) is 0 Å². The van der Waals surface area contributed by atoms with Crippen molar-refractivity contribution in [2.24, 2.45) is 5.10 Å². The van der Waals surface area contributed by atoms with E-state index in [0.29, 0.717) is 23.6 Å². The molecule has 0 unspecified atom stereocenters. The molecule has 0 saturated carbocycles. The van der Waals surface area contributed by atoms with E-state index in [2.05, 4.69) is 10.5 Å². The first-order valence-electron chi connectivity index (χ1n) is 7.36. The number of amides is 1. The molecule has 0 aliphatic rings. The fourth-order valence-electron chi connectivity index (χ4n) is 2.05. The number of carbonyl (C=O) groups is 1. The number of benzene rings is 2. The van der Waals surface area contributed by atoms with Crippen molar-refractivity contribution in [3.63, 3.8) is 0 Å². The van der Waals surface area contributed by atoms with Gasteiger partial charge in [-0.05, 0) is 55.8 Å². The summed E-state index contributed by atoms with van der Waals surface area (Å²) in [6.45, 7) is 4.40. The lowest BCUT2D eigenvalue weighted by Crippen LogP contribution is -2.20. The van der Waals surface area contributed by atoms with Crippen LogP contribution in [0.1, 0.15) is 29.8 Å². The number of methoxy groups -OCH3 is 1. The Kier molecular flexibility index (Phi) is 5.74. The highest BCUT2D eigenvalue weighted by molar-refractivity contribution is 6.01. The number of hydrogen-bond donors (Lipinski definition) is 1. The third kappa shape index (κ3) is 4.32. The Hall–Kier alpha value is -2.82. The van der Waals surface area contributed by atoms with Gasteiger partial charge in [-0.25, -0.2) is 5.43 Å². The molecule has 2 rings (SSSR count). The van der Waals surface area contributed by atoms with Gasteiger partial charge in [-0.3, -0.25) is 4.79 Å². The van der Waals surface area contributed by atoms with Crippen LogP contribution in [0, 0.1) is 0 Å². The van der Waals surface area contributed by atoms with Crippen molar-refractivity contribution >= 4 is 11.6 Å². The van der Waals surface area contributed by atoms with Crippen LogP contribution < -0.4 is 14.9 Å². The molecule has 5 heteroatoms. The summed E-state index contributed by atoms with van der Waals surface area (Å²) >= 11 is 0. The predicted octanol–water partition coefficient (Wildman–Crippen LogP) is 3.25. The van der Waals surface area contributed by atoms with Gasteiger partial charge < -0.3 is 9.47 Å². The lowest BCUT2D eigenvalue weighted by Gasteiger charge is -2.07. The zero-order chi connectivity index (χ0) is 16.7. The van der Waals surface area contributed by atoms with Crippen molar-refractivity contribution in [2.45, 2.75) is 13.8 Å². The minimum Gasteiger partial charge on any atom is -0.496 e. The smallest absolute Gasteiger partial charge is 0.275 e. The number of carbonyl (C=O) groups excluding carboxylic acids is 1. The molecular weight excluding hydrogens is 292 g/mol. The van der Waals surface area contributed by atoms with Crippen LogP contribution in [0.3, 0.4) is 0 Å². The molecule has 0 heterocycles. The average Bonchev–Trinajstić information content (AvgIpc) is 2.60. The highest BCUT2D eigenvalue weighted by atomic mass is 16.5. The maximum atomic E-state index is 12.2. The Morgan fingerprint density at radius 3 is 2.48 bits per heavy atom. The Bertz CT molecular complexity index is 694. The maximum Gasteiger partial charge on any atom is 0.275 e. The van der Waals surface area contributed by atoms with Gasteiger partial charge >= 0.3 is 0 Å². The summed E-state index contributed by atoms with van der Waals surface area (Å²) in [5.74, 6) is 1.01. The van der Waals surface area contributed by atoms with Crippen LogP contribution in [-0.2, 0) is 0 Å². The summed E-state index contributed by atoms with van der Waals surface area (Å²) in [6.07, 6.45) is 0. The lowest BCUT2D eigenvalue weighted by molar-refractivity contribution is 0.0952. The van der Waals surface area contributed by atoms with Crippen LogP contribution in [0.2, 0.25) is 0 Å². The van der Waals surface area contributed by atoms with E-state index in [0.717, 1.165) is 11.3 Å². The van der Waals surface area contributed by atoms with Gasteiger partial charge in [0, 0.05) is 0 Å². The van der Waals surface area contributed by atoms with E-state index in [1.165, 1.54) is 7.11 Å². The van der Waals surface area contributed by atoms with E-state index in [1.54, 1.807) is 18.2 Å². The predicted molar refractivity (Wildman–Crippen MR) is 90.3 cm³/mol. The summed E-state index contributed by atoms with van der Waals surface area (Å²) in [7, 11) is 1.53. The number of rotatable bonds is 6. The largest absolute Gasteiger partial charge is 0.496 e. The SMILES string of the molecule is CCOc1ccc(/C(C)=N\NC(=O)c2ccccc2OC)cc1. The molecule has 2 aromatic carbocycles. The first-order chi connectivity index (χ1) is 11.2. The average molecular weight is 312 g/mol. The first kappa shape index (κ1) is 16.5. The number of hydrazone groups is 1. The Morgan fingerprint density at radius 1 is 1.13 bits per heavy atom. The number of para-hydroxylation sites is 1. The van der Waals surface area contributed by atoms with Gasteiger partial charge in [0.15, 0.2) is 0 Å². The number of nitrogens with zero attached hydrogens (tertiary/aromatic N) is 1. The summed E-state index contributed by atoms with van der Waals surface area (Å²) in [5, 5.41) is 4.14. The summed E-state index contributed by atoms with van der Waals surface area (Å²) < 4.78 is 10.6. The molecule has 120 valence electrons. The Morgan fingerprint density at radius 2 is 1.83 bits per heavy atom. The summed E-state index contributed by atoms with van der Waals surface area (Å²) in [6, 6.07) is 14.6. The molecule has 0 aliphatic heterocycles. The number of hydrogen-bond acceptors (Lipinski definition) is 4.